The van der Waals surface area contributed by atoms with Gasteiger partial charge in [0.1, 0.15) is 11.6 Å². The number of hydrogen-bond donors (Lipinski definition) is 0. The van der Waals surface area contributed by atoms with E-state index in [1.54, 1.807) is 23.0 Å². The second-order valence-corrected chi connectivity index (χ2v) is 9.95. The molecule has 32 heavy (non-hydrogen) atoms. The molecule has 1 aliphatic carbocycles. The van der Waals surface area contributed by atoms with Crippen LogP contribution in [0.3, 0.4) is 0 Å². The summed E-state index contributed by atoms with van der Waals surface area (Å²) >= 11 is 0. The van der Waals surface area contributed by atoms with E-state index < -0.39 is 10.8 Å². The van der Waals surface area contributed by atoms with Gasteiger partial charge in [0, 0.05) is 42.2 Å². The predicted molar refractivity (Wildman–Crippen MR) is 123 cm³/mol. The fourth-order valence-corrected chi connectivity index (χ4v) is 5.06. The number of anilines is 2. The average Bonchev–Trinajstić information content (AvgIpc) is 3.07. The van der Waals surface area contributed by atoms with Gasteiger partial charge in [-0.2, -0.15) is 0 Å². The fraction of sp³-hybridized carbons (Fsp3) is 0.400. The Hall–Kier alpha value is -3.35. The third-order valence-corrected chi connectivity index (χ3v) is 7.17. The smallest absolute Gasteiger partial charge is 0.238 e. The van der Waals surface area contributed by atoms with Gasteiger partial charge in [0.2, 0.25) is 11.8 Å². The summed E-state index contributed by atoms with van der Waals surface area (Å²) in [6.07, 6.45) is 10.3. The normalized spacial score (nSPS) is 23.1. The molecule has 5 rings (SSSR count). The van der Waals surface area contributed by atoms with Gasteiger partial charge in [-0.15, -0.1) is 0 Å². The van der Waals surface area contributed by atoms with Gasteiger partial charge >= 0.3 is 0 Å². The maximum Gasteiger partial charge on any atom is 0.238 e. The summed E-state index contributed by atoms with van der Waals surface area (Å²) in [4.78, 5) is 42.9. The van der Waals surface area contributed by atoms with E-state index in [-0.39, 0.29) is 17.7 Å². The molecule has 0 N–H and O–H groups in total. The Morgan fingerprint density at radius 3 is 2.38 bits per heavy atom. The van der Waals surface area contributed by atoms with Gasteiger partial charge in [-0.1, -0.05) is 19.9 Å². The van der Waals surface area contributed by atoms with Crippen LogP contribution in [0.2, 0.25) is 0 Å². The van der Waals surface area contributed by atoms with Gasteiger partial charge in [-0.3, -0.25) is 19.4 Å². The zero-order valence-electron chi connectivity index (χ0n) is 19.3. The van der Waals surface area contributed by atoms with Crippen LogP contribution in [0.15, 0.2) is 42.5 Å². The molecule has 4 heterocycles. The van der Waals surface area contributed by atoms with Gasteiger partial charge < -0.3 is 0 Å². The van der Waals surface area contributed by atoms with Crippen molar-refractivity contribution < 1.29 is 9.59 Å². The third kappa shape index (κ3) is 2.70. The number of aromatic nitrogens is 3. The molecule has 3 aliphatic rings. The van der Waals surface area contributed by atoms with Crippen LogP contribution in [0.25, 0.3) is 5.57 Å². The van der Waals surface area contributed by atoms with Gasteiger partial charge in [-0.05, 0) is 44.9 Å². The lowest BCUT2D eigenvalue weighted by Gasteiger charge is -2.26. The third-order valence-electron chi connectivity index (χ3n) is 7.17. The first-order valence-electron chi connectivity index (χ1n) is 10.9. The molecule has 2 aromatic rings. The molecular formula is C25H27N5O2. The number of nitrogens with zero attached hydrogens (tertiary/aromatic N) is 5. The van der Waals surface area contributed by atoms with Crippen LogP contribution in [-0.4, -0.2) is 33.8 Å². The number of amides is 2. The van der Waals surface area contributed by atoms with Gasteiger partial charge in [0.15, 0.2) is 0 Å². The number of carbonyl (C=O) groups is 2. The van der Waals surface area contributed by atoms with Gasteiger partial charge in [-0.25, -0.2) is 15.0 Å². The van der Waals surface area contributed by atoms with E-state index in [0.29, 0.717) is 11.5 Å². The topological polar surface area (TPSA) is 79.3 Å². The average molecular weight is 430 g/mol. The predicted octanol–water partition coefficient (Wildman–Crippen LogP) is 3.79. The van der Waals surface area contributed by atoms with E-state index >= 15 is 0 Å². The van der Waals surface area contributed by atoms with Crippen LogP contribution in [0.4, 0.5) is 11.5 Å². The van der Waals surface area contributed by atoms with Crippen LogP contribution < -0.4 is 9.80 Å². The number of allylic oxidation sites excluding steroid dienone is 4. The van der Waals surface area contributed by atoms with Crippen molar-refractivity contribution in [1.82, 2.24) is 15.0 Å². The first-order chi connectivity index (χ1) is 15.0. The van der Waals surface area contributed by atoms with Crippen LogP contribution in [-0.2, 0) is 15.0 Å². The summed E-state index contributed by atoms with van der Waals surface area (Å²) in [6.45, 7) is 9.67. The number of pyridine rings is 1. The van der Waals surface area contributed by atoms with Gasteiger partial charge in [0.25, 0.3) is 0 Å². The van der Waals surface area contributed by atoms with Crippen molar-refractivity contribution in [2.75, 3.05) is 16.8 Å². The zero-order valence-corrected chi connectivity index (χ0v) is 19.3. The molecule has 1 saturated heterocycles. The van der Waals surface area contributed by atoms with Crippen molar-refractivity contribution in [2.45, 2.75) is 46.5 Å². The molecule has 0 bridgehead atoms. The zero-order chi connectivity index (χ0) is 23.0. The Morgan fingerprint density at radius 1 is 1.00 bits per heavy atom. The molecule has 1 atom stereocenters. The van der Waals surface area contributed by atoms with E-state index in [9.17, 15) is 9.59 Å². The van der Waals surface area contributed by atoms with Crippen molar-refractivity contribution in [3.63, 3.8) is 0 Å². The first-order valence-corrected chi connectivity index (χ1v) is 10.9. The highest BCUT2D eigenvalue weighted by atomic mass is 16.2. The molecule has 164 valence electrons. The number of rotatable bonds is 2. The molecule has 7 heteroatoms. The van der Waals surface area contributed by atoms with Crippen LogP contribution in [0, 0.1) is 18.3 Å². The lowest BCUT2D eigenvalue weighted by atomic mass is 9.75. The standard InChI is InChI=1S/C25H27N5O2/c1-14-26-11-16(12-27-14)15-7-8-18-20(9-15)30(23(32)24(18,2)3)17-10-19-21(28-13-17)29(6)22(31)25(19,4)5/h7,9-13,18H,8H2,1-6H3. The van der Waals surface area contributed by atoms with E-state index in [4.69, 9.17) is 0 Å². The van der Waals surface area contributed by atoms with Crippen LogP contribution in [0.1, 0.15) is 51.1 Å². The number of likely N-dealkylation sites (N-methyl/N-ethyl adjacent to an activating group) is 1. The van der Waals surface area contributed by atoms with E-state index in [1.165, 1.54) is 0 Å². The van der Waals surface area contributed by atoms with Crippen molar-refractivity contribution >= 4 is 28.9 Å². The monoisotopic (exact) mass is 429 g/mol. The highest BCUT2D eigenvalue weighted by molar-refractivity contribution is 6.08. The Balaban J connectivity index is 1.62. The number of fused-ring (bicyclic) bond motifs is 2. The molecule has 1 unspecified atom stereocenters. The lowest BCUT2D eigenvalue weighted by Crippen LogP contribution is -2.33. The molecule has 7 nitrogen and oxygen atoms in total. The SMILES string of the molecule is Cc1ncc(C2=CCC3C(=C2)N(c2cnc4c(c2)C(C)(C)C(=O)N4C)C(=O)C3(C)C)cn1. The highest BCUT2D eigenvalue weighted by Crippen LogP contribution is 2.51. The van der Waals surface area contributed by atoms with Crippen molar-refractivity contribution in [2.24, 2.45) is 11.3 Å². The van der Waals surface area contributed by atoms with E-state index in [0.717, 1.165) is 34.6 Å². The summed E-state index contributed by atoms with van der Waals surface area (Å²) in [5.74, 6) is 1.49. The maximum absolute atomic E-state index is 13.6. The second kappa shape index (κ2) is 6.58. The Bertz CT molecular complexity index is 1220. The van der Waals surface area contributed by atoms with Crippen LogP contribution in [0.5, 0.6) is 0 Å². The summed E-state index contributed by atoms with van der Waals surface area (Å²) in [5.41, 5.74) is 3.21. The summed E-state index contributed by atoms with van der Waals surface area (Å²) in [5, 5.41) is 0. The quantitative estimate of drug-likeness (QED) is 0.726. The van der Waals surface area contributed by atoms with E-state index in [1.807, 2.05) is 53.1 Å². The number of hydrogen-bond acceptors (Lipinski definition) is 5. The van der Waals surface area contributed by atoms with Gasteiger partial charge in [0.05, 0.1) is 22.7 Å². The molecule has 0 spiro atoms. The molecule has 2 amide bonds. The number of aryl methyl sites for hydroxylation is 1. The minimum absolute atomic E-state index is 0.00424. The molecule has 2 aliphatic heterocycles. The highest BCUT2D eigenvalue weighted by Gasteiger charge is 2.52. The molecule has 2 aromatic heterocycles. The first kappa shape index (κ1) is 20.5. The number of carbonyl (C=O) groups excluding carboxylic acids is 2. The van der Waals surface area contributed by atoms with Crippen molar-refractivity contribution in [1.29, 1.82) is 0 Å². The van der Waals surface area contributed by atoms with E-state index in [2.05, 4.69) is 27.1 Å². The lowest BCUT2D eigenvalue weighted by molar-refractivity contribution is -0.125. The molecular weight excluding hydrogens is 402 g/mol. The summed E-state index contributed by atoms with van der Waals surface area (Å²) in [6, 6.07) is 1.95. The molecule has 0 aromatic carbocycles. The summed E-state index contributed by atoms with van der Waals surface area (Å²) in [7, 11) is 1.74. The fourth-order valence-electron chi connectivity index (χ4n) is 5.06. The minimum atomic E-state index is -0.684. The molecule has 1 fully saturated rings. The maximum atomic E-state index is 13.6. The van der Waals surface area contributed by atoms with Crippen molar-refractivity contribution in [3.8, 4) is 0 Å². The summed E-state index contributed by atoms with van der Waals surface area (Å²) < 4.78 is 0. The molecule has 0 radical (unpaired) electrons. The Kier molecular flexibility index (Phi) is 4.22. The minimum Gasteiger partial charge on any atom is -0.299 e. The van der Waals surface area contributed by atoms with Crippen molar-refractivity contribution in [3.05, 3.63) is 59.5 Å². The molecule has 0 saturated carbocycles. The Morgan fingerprint density at radius 2 is 1.69 bits per heavy atom. The largest absolute Gasteiger partial charge is 0.299 e. The second-order valence-electron chi connectivity index (χ2n) is 9.95. The van der Waals surface area contributed by atoms with Crippen LogP contribution >= 0.6 is 0 Å². The Labute approximate surface area is 187 Å².